The van der Waals surface area contributed by atoms with E-state index in [-0.39, 0.29) is 5.97 Å². The normalized spacial score (nSPS) is 15.1. The Balaban J connectivity index is 1.29. The van der Waals surface area contributed by atoms with Crippen molar-refractivity contribution in [2.24, 2.45) is 5.92 Å². The van der Waals surface area contributed by atoms with Gasteiger partial charge in [0.25, 0.3) is 0 Å². The Morgan fingerprint density at radius 3 is 2.09 bits per heavy atom. The van der Waals surface area contributed by atoms with Crippen LogP contribution in [0.2, 0.25) is 0 Å². The third kappa shape index (κ3) is 12.1. The second kappa shape index (κ2) is 18.6. The maximum absolute atomic E-state index is 12.6. The summed E-state index contributed by atoms with van der Waals surface area (Å²) in [4.78, 5) is 23.6. The number of unbranched alkanes of at least 4 members (excludes halogenated alkanes) is 7. The zero-order valence-electron chi connectivity index (χ0n) is 25.6. The molecule has 1 aliphatic rings. The first-order chi connectivity index (χ1) is 20.9. The highest BCUT2D eigenvalue weighted by atomic mass is 16.6. The van der Waals surface area contributed by atoms with Gasteiger partial charge < -0.3 is 24.1 Å². The van der Waals surface area contributed by atoms with E-state index in [1.165, 1.54) is 30.9 Å². The topological polar surface area (TPSA) is 91.3 Å². The second-order valence-electron chi connectivity index (χ2n) is 10.8. The van der Waals surface area contributed by atoms with Crippen LogP contribution >= 0.6 is 0 Å². The molecule has 0 fully saturated rings. The van der Waals surface area contributed by atoms with Gasteiger partial charge in [-0.2, -0.15) is 0 Å². The summed E-state index contributed by atoms with van der Waals surface area (Å²) < 4.78 is 22.1. The summed E-state index contributed by atoms with van der Waals surface area (Å²) in [7, 11) is 0. The maximum Gasteiger partial charge on any atom is 0.343 e. The number of esters is 2. The van der Waals surface area contributed by atoms with E-state index in [4.69, 9.17) is 18.9 Å². The second-order valence-corrected chi connectivity index (χ2v) is 10.8. The van der Waals surface area contributed by atoms with E-state index < -0.39 is 12.3 Å². The van der Waals surface area contributed by atoms with Gasteiger partial charge >= 0.3 is 11.9 Å². The minimum absolute atomic E-state index is 0.353. The number of aliphatic hydroxyl groups is 1. The summed E-state index contributed by atoms with van der Waals surface area (Å²) in [6.07, 6.45) is 14.6. The zero-order valence-corrected chi connectivity index (χ0v) is 25.6. The summed E-state index contributed by atoms with van der Waals surface area (Å²) in [5.41, 5.74) is 2.39. The third-order valence-corrected chi connectivity index (χ3v) is 7.48. The Morgan fingerprint density at radius 2 is 1.49 bits per heavy atom. The molecule has 0 saturated carbocycles. The molecule has 2 unspecified atom stereocenters. The molecule has 1 N–H and O–H groups in total. The first-order valence-electron chi connectivity index (χ1n) is 15.5. The fraction of sp³-hybridized carbons (Fsp3) is 0.444. The molecule has 0 amide bonds. The lowest BCUT2D eigenvalue weighted by Gasteiger charge is -2.23. The van der Waals surface area contributed by atoms with Crippen molar-refractivity contribution in [1.82, 2.24) is 0 Å². The molecule has 43 heavy (non-hydrogen) atoms. The molecule has 0 saturated heterocycles. The summed E-state index contributed by atoms with van der Waals surface area (Å²) in [5, 5.41) is 10.5. The van der Waals surface area contributed by atoms with Crippen molar-refractivity contribution < 1.29 is 33.6 Å². The predicted octanol–water partition coefficient (Wildman–Crippen LogP) is 8.40. The molecular formula is C36H46O7. The number of carbonyl (C=O) groups is 2. The predicted molar refractivity (Wildman–Crippen MR) is 168 cm³/mol. The quantitative estimate of drug-likeness (QED) is 0.0577. The summed E-state index contributed by atoms with van der Waals surface area (Å²) in [6, 6.07) is 13.6. The molecule has 1 aliphatic carbocycles. The molecule has 0 spiro atoms. The Hall–Kier alpha value is -3.84. The van der Waals surface area contributed by atoms with Gasteiger partial charge in [-0.05, 0) is 79.8 Å². The summed E-state index contributed by atoms with van der Waals surface area (Å²) in [5.74, 6) is 1.44. The average Bonchev–Trinajstić information content (AvgIpc) is 3.02. The van der Waals surface area contributed by atoms with E-state index in [0.717, 1.165) is 56.5 Å². The van der Waals surface area contributed by atoms with Gasteiger partial charge in [0, 0.05) is 18.1 Å². The number of benzene rings is 2. The SMILES string of the molecule is C=CC(=O)OCCCCCCCCCCOc1ccc(C(=O)Oc2ccc(C(O)OC3=CC=C(CC)C(C)C3)cc2)cc1. The van der Waals surface area contributed by atoms with Gasteiger partial charge in [-0.3, -0.25) is 0 Å². The van der Waals surface area contributed by atoms with E-state index in [1.807, 2.05) is 6.08 Å². The van der Waals surface area contributed by atoms with Crippen LogP contribution in [0.4, 0.5) is 0 Å². The van der Waals surface area contributed by atoms with Crippen molar-refractivity contribution in [1.29, 1.82) is 0 Å². The van der Waals surface area contributed by atoms with Crippen LogP contribution in [0.1, 0.15) is 100 Å². The highest BCUT2D eigenvalue weighted by molar-refractivity contribution is 5.91. The van der Waals surface area contributed by atoms with Crippen LogP contribution in [-0.2, 0) is 14.3 Å². The molecule has 232 valence electrons. The molecular weight excluding hydrogens is 544 g/mol. The van der Waals surface area contributed by atoms with Crippen LogP contribution in [0.15, 0.2) is 84.7 Å². The Bertz CT molecular complexity index is 1210. The zero-order chi connectivity index (χ0) is 30.9. The monoisotopic (exact) mass is 590 g/mol. The fourth-order valence-electron chi connectivity index (χ4n) is 4.87. The van der Waals surface area contributed by atoms with Crippen LogP contribution in [0.3, 0.4) is 0 Å². The highest BCUT2D eigenvalue weighted by Gasteiger charge is 2.18. The molecule has 0 heterocycles. The average molecular weight is 591 g/mol. The molecule has 7 nitrogen and oxygen atoms in total. The molecule has 0 aliphatic heterocycles. The van der Waals surface area contributed by atoms with Crippen molar-refractivity contribution in [3.63, 3.8) is 0 Å². The van der Waals surface area contributed by atoms with Gasteiger partial charge in [0.05, 0.1) is 18.8 Å². The standard InChI is InChI=1S/C36H46O7/c1-4-28-14-23-33(26-27(28)3)43-36(39)30-17-21-32(22-18-30)42-35(38)29-15-19-31(20-16-29)40-24-12-10-8-6-7-9-11-13-25-41-34(37)5-2/h5,14-23,27,36,39H,2,4,6-13,24-26H2,1,3H3. The molecule has 0 radical (unpaired) electrons. The van der Waals surface area contributed by atoms with Crippen molar-refractivity contribution >= 4 is 11.9 Å². The van der Waals surface area contributed by atoms with E-state index in [2.05, 4.69) is 26.5 Å². The fourth-order valence-corrected chi connectivity index (χ4v) is 4.87. The minimum atomic E-state index is -1.09. The van der Waals surface area contributed by atoms with Gasteiger partial charge in [-0.1, -0.05) is 70.6 Å². The first kappa shape index (κ1) is 33.7. The van der Waals surface area contributed by atoms with Gasteiger partial charge in [0.1, 0.15) is 17.3 Å². The van der Waals surface area contributed by atoms with Crippen LogP contribution in [0.25, 0.3) is 0 Å². The Morgan fingerprint density at radius 1 is 0.884 bits per heavy atom. The van der Waals surface area contributed by atoms with Gasteiger partial charge in [0.15, 0.2) is 0 Å². The number of carbonyl (C=O) groups excluding carboxylic acids is 2. The van der Waals surface area contributed by atoms with Crippen LogP contribution < -0.4 is 9.47 Å². The smallest absolute Gasteiger partial charge is 0.343 e. The molecule has 7 heteroatoms. The molecule has 2 atom stereocenters. The van der Waals surface area contributed by atoms with E-state index in [9.17, 15) is 14.7 Å². The van der Waals surface area contributed by atoms with Crippen molar-refractivity contribution in [2.75, 3.05) is 13.2 Å². The first-order valence-corrected chi connectivity index (χ1v) is 15.5. The highest BCUT2D eigenvalue weighted by Crippen LogP contribution is 2.30. The van der Waals surface area contributed by atoms with Crippen molar-refractivity contribution in [3.05, 3.63) is 95.8 Å². The van der Waals surface area contributed by atoms with E-state index in [1.54, 1.807) is 48.5 Å². The lowest BCUT2D eigenvalue weighted by atomic mass is 9.90. The number of rotatable bonds is 19. The number of aliphatic hydroxyl groups excluding tert-OH is 1. The third-order valence-electron chi connectivity index (χ3n) is 7.48. The van der Waals surface area contributed by atoms with Crippen molar-refractivity contribution in [2.45, 2.75) is 84.3 Å². The molecule has 2 aromatic rings. The van der Waals surface area contributed by atoms with Crippen molar-refractivity contribution in [3.8, 4) is 11.5 Å². The summed E-state index contributed by atoms with van der Waals surface area (Å²) in [6.45, 7) is 8.78. The lowest BCUT2D eigenvalue weighted by Crippen LogP contribution is -2.11. The van der Waals surface area contributed by atoms with Crippen LogP contribution in [0, 0.1) is 5.92 Å². The largest absolute Gasteiger partial charge is 0.494 e. The molecule has 0 bridgehead atoms. The molecule has 0 aromatic heterocycles. The minimum Gasteiger partial charge on any atom is -0.494 e. The van der Waals surface area contributed by atoms with E-state index in [0.29, 0.717) is 36.0 Å². The number of hydrogen-bond donors (Lipinski definition) is 1. The lowest BCUT2D eigenvalue weighted by molar-refractivity contribution is -0.137. The Labute approximate surface area is 256 Å². The summed E-state index contributed by atoms with van der Waals surface area (Å²) >= 11 is 0. The molecule has 3 rings (SSSR count). The van der Waals surface area contributed by atoms with Gasteiger partial charge in [0.2, 0.25) is 6.29 Å². The van der Waals surface area contributed by atoms with Gasteiger partial charge in [-0.15, -0.1) is 0 Å². The van der Waals surface area contributed by atoms with Crippen LogP contribution in [-0.4, -0.2) is 30.3 Å². The van der Waals surface area contributed by atoms with E-state index >= 15 is 0 Å². The maximum atomic E-state index is 12.6. The molecule has 2 aromatic carbocycles. The number of allylic oxidation sites excluding steroid dienone is 4. The number of hydrogen-bond acceptors (Lipinski definition) is 7. The number of ether oxygens (including phenoxy) is 4. The van der Waals surface area contributed by atoms with Crippen LogP contribution in [0.5, 0.6) is 11.5 Å². The van der Waals surface area contributed by atoms with Gasteiger partial charge in [-0.25, -0.2) is 9.59 Å². The Kier molecular flexibility index (Phi) is 14.6.